The third-order valence-corrected chi connectivity index (χ3v) is 5.11. The molecule has 1 amide bonds. The summed E-state index contributed by atoms with van der Waals surface area (Å²) in [5, 5.41) is 7.55. The number of aryl methyl sites for hydroxylation is 1. The lowest BCUT2D eigenvalue weighted by Gasteiger charge is -2.26. The molecule has 1 N–H and O–H groups in total. The van der Waals surface area contributed by atoms with Crippen molar-refractivity contribution in [2.24, 2.45) is 0 Å². The monoisotopic (exact) mass is 379 g/mol. The van der Waals surface area contributed by atoms with Crippen LogP contribution in [0.1, 0.15) is 36.4 Å². The van der Waals surface area contributed by atoms with Crippen LogP contribution in [0.3, 0.4) is 0 Å². The minimum Gasteiger partial charge on any atom is -0.355 e. The fraction of sp³-hybridized carbons (Fsp3) is 0.304. The molecule has 0 atom stereocenters. The number of carbonyl (C=O) groups excluding carboxylic acids is 1. The average Bonchev–Trinajstić information content (AvgIpc) is 2.95. The van der Waals surface area contributed by atoms with E-state index in [1.54, 1.807) is 12.1 Å². The molecular formula is C23H26FN3O. The van der Waals surface area contributed by atoms with E-state index in [-0.39, 0.29) is 18.1 Å². The first kappa shape index (κ1) is 19.8. The first-order valence-electron chi connectivity index (χ1n) is 9.42. The number of nitrogens with zero attached hydrogens (tertiary/aromatic N) is 2. The molecule has 0 aliphatic heterocycles. The van der Waals surface area contributed by atoms with Crippen molar-refractivity contribution in [3.05, 3.63) is 82.9 Å². The second kappa shape index (κ2) is 7.97. The van der Waals surface area contributed by atoms with Gasteiger partial charge in [0.15, 0.2) is 0 Å². The fourth-order valence-electron chi connectivity index (χ4n) is 3.40. The summed E-state index contributed by atoms with van der Waals surface area (Å²) < 4.78 is 16.0. The number of hydrogen-bond donors (Lipinski definition) is 1. The van der Waals surface area contributed by atoms with Crippen LogP contribution in [-0.4, -0.2) is 22.2 Å². The molecule has 0 saturated carbocycles. The molecule has 0 unspecified atom stereocenters. The van der Waals surface area contributed by atoms with Gasteiger partial charge in [-0.05, 0) is 37.6 Å². The second-order valence-electron chi connectivity index (χ2n) is 7.71. The molecule has 1 heterocycles. The number of aromatic nitrogens is 2. The molecule has 146 valence electrons. The van der Waals surface area contributed by atoms with E-state index in [1.165, 1.54) is 6.07 Å². The van der Waals surface area contributed by atoms with Crippen LogP contribution >= 0.6 is 0 Å². The summed E-state index contributed by atoms with van der Waals surface area (Å²) >= 11 is 0. The largest absolute Gasteiger partial charge is 0.355 e. The molecule has 0 saturated heterocycles. The Morgan fingerprint density at radius 2 is 1.71 bits per heavy atom. The van der Waals surface area contributed by atoms with Gasteiger partial charge in [0.25, 0.3) is 0 Å². The summed E-state index contributed by atoms with van der Waals surface area (Å²) in [7, 11) is 0. The predicted molar refractivity (Wildman–Crippen MR) is 109 cm³/mol. The molecule has 2 aromatic carbocycles. The third kappa shape index (κ3) is 4.14. The second-order valence-corrected chi connectivity index (χ2v) is 7.71. The van der Waals surface area contributed by atoms with E-state index in [9.17, 15) is 9.18 Å². The van der Waals surface area contributed by atoms with E-state index in [4.69, 9.17) is 0 Å². The molecule has 4 nitrogen and oxygen atoms in total. The zero-order valence-corrected chi connectivity index (χ0v) is 16.8. The van der Waals surface area contributed by atoms with Crippen LogP contribution in [0.25, 0.3) is 5.69 Å². The van der Waals surface area contributed by atoms with E-state index < -0.39 is 5.41 Å². The van der Waals surface area contributed by atoms with E-state index in [0.29, 0.717) is 12.1 Å². The van der Waals surface area contributed by atoms with Crippen LogP contribution in [0.15, 0.2) is 54.6 Å². The first-order chi connectivity index (χ1) is 13.3. The van der Waals surface area contributed by atoms with Gasteiger partial charge in [0.1, 0.15) is 5.82 Å². The lowest BCUT2D eigenvalue weighted by Crippen LogP contribution is -2.38. The third-order valence-electron chi connectivity index (χ3n) is 5.11. The number of para-hydroxylation sites is 1. The van der Waals surface area contributed by atoms with Crippen LogP contribution in [0.5, 0.6) is 0 Å². The molecule has 3 aromatic rings. The van der Waals surface area contributed by atoms with Crippen LogP contribution in [-0.2, 0) is 16.6 Å². The number of hydrogen-bond acceptors (Lipinski definition) is 2. The summed E-state index contributed by atoms with van der Waals surface area (Å²) in [4.78, 5) is 12.6. The zero-order chi connectivity index (χ0) is 20.3. The van der Waals surface area contributed by atoms with Crippen molar-refractivity contribution in [3.8, 4) is 5.69 Å². The van der Waals surface area contributed by atoms with E-state index in [1.807, 2.05) is 68.8 Å². The number of carbonyl (C=O) groups is 1. The van der Waals surface area contributed by atoms with Gasteiger partial charge in [0, 0.05) is 23.2 Å². The van der Waals surface area contributed by atoms with Gasteiger partial charge in [0.05, 0.1) is 17.8 Å². The van der Waals surface area contributed by atoms with Crippen molar-refractivity contribution in [1.82, 2.24) is 15.1 Å². The molecule has 0 aliphatic rings. The van der Waals surface area contributed by atoms with Gasteiger partial charge in [-0.1, -0.05) is 50.2 Å². The highest BCUT2D eigenvalue weighted by Gasteiger charge is 2.25. The quantitative estimate of drug-likeness (QED) is 0.695. The number of halogens is 1. The molecule has 0 radical (unpaired) electrons. The van der Waals surface area contributed by atoms with Gasteiger partial charge in [-0.25, -0.2) is 9.07 Å². The minimum absolute atomic E-state index is 0.0942. The number of amides is 1. The molecule has 3 rings (SSSR count). The summed E-state index contributed by atoms with van der Waals surface area (Å²) in [5.74, 6) is -0.346. The lowest BCUT2D eigenvalue weighted by atomic mass is 9.84. The van der Waals surface area contributed by atoms with Crippen molar-refractivity contribution >= 4 is 5.91 Å². The van der Waals surface area contributed by atoms with E-state index in [2.05, 4.69) is 10.4 Å². The molecule has 0 fully saturated rings. The molecule has 0 aliphatic carbocycles. The average molecular weight is 379 g/mol. The van der Waals surface area contributed by atoms with Gasteiger partial charge in [-0.15, -0.1) is 0 Å². The van der Waals surface area contributed by atoms with E-state index in [0.717, 1.165) is 22.6 Å². The maximum absolute atomic E-state index is 14.1. The van der Waals surface area contributed by atoms with Crippen LogP contribution in [0, 0.1) is 19.7 Å². The molecule has 1 aromatic heterocycles. The van der Waals surface area contributed by atoms with Crippen LogP contribution < -0.4 is 5.32 Å². The Labute approximate surface area is 165 Å². The van der Waals surface area contributed by atoms with Crippen molar-refractivity contribution in [3.63, 3.8) is 0 Å². The number of rotatable bonds is 6. The predicted octanol–water partition coefficient (Wildman–Crippen LogP) is 4.26. The fourth-order valence-corrected chi connectivity index (χ4v) is 3.40. The summed E-state index contributed by atoms with van der Waals surface area (Å²) in [6, 6.07) is 16.5. The van der Waals surface area contributed by atoms with Gasteiger partial charge in [-0.3, -0.25) is 4.79 Å². The van der Waals surface area contributed by atoms with Crippen LogP contribution in [0.2, 0.25) is 0 Å². The highest BCUT2D eigenvalue weighted by atomic mass is 19.1. The Balaban J connectivity index is 1.70. The Morgan fingerprint density at radius 1 is 1.07 bits per heavy atom. The minimum atomic E-state index is -0.501. The van der Waals surface area contributed by atoms with Crippen LogP contribution in [0.4, 0.5) is 4.39 Å². The summed E-state index contributed by atoms with van der Waals surface area (Å²) in [6.07, 6.45) is 0.248. The van der Waals surface area contributed by atoms with Crippen molar-refractivity contribution in [2.45, 2.75) is 39.5 Å². The standard InChI is InChI=1S/C23H26FN3O/c1-16-19(17(2)27(26-16)18-10-6-5-7-11-18)14-22(28)25-15-23(3,4)20-12-8-9-13-21(20)24/h5-13H,14-15H2,1-4H3,(H,25,28). The van der Waals surface area contributed by atoms with Gasteiger partial charge in [-0.2, -0.15) is 5.10 Å². The SMILES string of the molecule is Cc1nn(-c2ccccc2)c(C)c1CC(=O)NCC(C)(C)c1ccccc1F. The smallest absolute Gasteiger partial charge is 0.224 e. The number of nitrogens with one attached hydrogen (secondary N) is 1. The topological polar surface area (TPSA) is 46.9 Å². The van der Waals surface area contributed by atoms with E-state index >= 15 is 0 Å². The zero-order valence-electron chi connectivity index (χ0n) is 16.8. The van der Waals surface area contributed by atoms with Crippen molar-refractivity contribution in [2.75, 3.05) is 6.54 Å². The molecule has 0 bridgehead atoms. The van der Waals surface area contributed by atoms with Crippen molar-refractivity contribution in [1.29, 1.82) is 0 Å². The highest BCUT2D eigenvalue weighted by molar-refractivity contribution is 5.79. The Hall–Kier alpha value is -2.95. The van der Waals surface area contributed by atoms with Crippen molar-refractivity contribution < 1.29 is 9.18 Å². The Morgan fingerprint density at radius 3 is 2.39 bits per heavy atom. The summed E-state index contributed by atoms with van der Waals surface area (Å²) in [6.45, 7) is 8.10. The lowest BCUT2D eigenvalue weighted by molar-refractivity contribution is -0.120. The van der Waals surface area contributed by atoms with Gasteiger partial charge < -0.3 is 5.32 Å². The molecule has 5 heteroatoms. The first-order valence-corrected chi connectivity index (χ1v) is 9.42. The Bertz CT molecular complexity index is 977. The van der Waals surface area contributed by atoms with Gasteiger partial charge >= 0.3 is 0 Å². The molecule has 0 spiro atoms. The maximum Gasteiger partial charge on any atom is 0.224 e. The number of benzene rings is 2. The molecular weight excluding hydrogens is 353 g/mol. The highest BCUT2D eigenvalue weighted by Crippen LogP contribution is 2.25. The molecule has 28 heavy (non-hydrogen) atoms. The normalized spacial score (nSPS) is 11.5. The van der Waals surface area contributed by atoms with Gasteiger partial charge in [0.2, 0.25) is 5.91 Å². The summed E-state index contributed by atoms with van der Waals surface area (Å²) in [5.41, 5.74) is 3.77. The maximum atomic E-state index is 14.1. The Kier molecular flexibility index (Phi) is 5.63.